The number of carbonyl (C=O) groups is 2. The summed E-state index contributed by atoms with van der Waals surface area (Å²) in [5.74, 6) is -0.884. The molecule has 0 fully saturated rings. The summed E-state index contributed by atoms with van der Waals surface area (Å²) in [6.45, 7) is 2.59. The first-order valence-corrected chi connectivity index (χ1v) is 7.14. The molecular weight excluding hydrogens is 284 g/mol. The number of esters is 1. The first-order valence-electron chi connectivity index (χ1n) is 7.14. The number of nitrogens with one attached hydrogen (secondary N) is 1. The highest BCUT2D eigenvalue weighted by molar-refractivity contribution is 6.32. The SMILES string of the molecule is CCOC(=O)C(=O)NCCCOc1cccc2cccnc12. The molecule has 0 saturated carbocycles. The van der Waals surface area contributed by atoms with E-state index in [4.69, 9.17) is 4.74 Å². The van der Waals surface area contributed by atoms with Crippen molar-refractivity contribution in [3.63, 3.8) is 0 Å². The van der Waals surface area contributed by atoms with Crippen LogP contribution in [0.2, 0.25) is 0 Å². The Morgan fingerprint density at radius 3 is 2.86 bits per heavy atom. The molecule has 6 heteroatoms. The van der Waals surface area contributed by atoms with E-state index in [0.29, 0.717) is 25.3 Å². The van der Waals surface area contributed by atoms with Crippen LogP contribution in [0, 0.1) is 0 Å². The maximum atomic E-state index is 11.3. The summed E-state index contributed by atoms with van der Waals surface area (Å²) in [6.07, 6.45) is 2.29. The Labute approximate surface area is 128 Å². The van der Waals surface area contributed by atoms with E-state index in [2.05, 4.69) is 15.0 Å². The van der Waals surface area contributed by atoms with Crippen LogP contribution in [0.15, 0.2) is 36.5 Å². The molecule has 0 unspecified atom stereocenters. The lowest BCUT2D eigenvalue weighted by molar-refractivity contribution is -0.154. The van der Waals surface area contributed by atoms with Crippen molar-refractivity contribution >= 4 is 22.8 Å². The van der Waals surface area contributed by atoms with Gasteiger partial charge in [-0.3, -0.25) is 9.78 Å². The summed E-state index contributed by atoms with van der Waals surface area (Å²) in [4.78, 5) is 26.7. The van der Waals surface area contributed by atoms with Crippen molar-refractivity contribution in [2.24, 2.45) is 0 Å². The molecule has 0 aliphatic heterocycles. The number of aromatic nitrogens is 1. The number of para-hydroxylation sites is 1. The molecule has 2 rings (SSSR count). The van der Waals surface area contributed by atoms with Gasteiger partial charge < -0.3 is 14.8 Å². The molecule has 1 aromatic carbocycles. The smallest absolute Gasteiger partial charge is 0.396 e. The molecule has 0 atom stereocenters. The van der Waals surface area contributed by atoms with E-state index in [9.17, 15) is 9.59 Å². The zero-order valence-electron chi connectivity index (χ0n) is 12.4. The highest BCUT2D eigenvalue weighted by Gasteiger charge is 2.13. The third kappa shape index (κ3) is 4.18. The van der Waals surface area contributed by atoms with E-state index in [0.717, 1.165) is 10.9 Å². The van der Waals surface area contributed by atoms with Crippen LogP contribution in [-0.4, -0.2) is 36.6 Å². The summed E-state index contributed by atoms with van der Waals surface area (Å²) >= 11 is 0. The van der Waals surface area contributed by atoms with Crippen molar-refractivity contribution in [1.82, 2.24) is 10.3 Å². The van der Waals surface area contributed by atoms with E-state index >= 15 is 0 Å². The number of nitrogens with zero attached hydrogens (tertiary/aromatic N) is 1. The molecule has 0 aliphatic carbocycles. The largest absolute Gasteiger partial charge is 0.491 e. The predicted molar refractivity (Wildman–Crippen MR) is 81.5 cm³/mol. The second kappa shape index (κ2) is 7.97. The highest BCUT2D eigenvalue weighted by atomic mass is 16.5. The van der Waals surface area contributed by atoms with Gasteiger partial charge in [-0.1, -0.05) is 18.2 Å². The number of hydrogen-bond acceptors (Lipinski definition) is 5. The molecule has 0 radical (unpaired) electrons. The minimum Gasteiger partial charge on any atom is -0.491 e. The Hall–Kier alpha value is -2.63. The van der Waals surface area contributed by atoms with Crippen molar-refractivity contribution in [2.75, 3.05) is 19.8 Å². The van der Waals surface area contributed by atoms with Crippen molar-refractivity contribution in [2.45, 2.75) is 13.3 Å². The third-order valence-electron chi connectivity index (χ3n) is 2.92. The molecule has 1 aromatic heterocycles. The lowest BCUT2D eigenvalue weighted by Gasteiger charge is -2.09. The number of hydrogen-bond donors (Lipinski definition) is 1. The minimum absolute atomic E-state index is 0.184. The quantitative estimate of drug-likeness (QED) is 0.499. The van der Waals surface area contributed by atoms with E-state index in [1.165, 1.54) is 0 Å². The van der Waals surface area contributed by atoms with Crippen LogP contribution in [0.25, 0.3) is 10.9 Å². The van der Waals surface area contributed by atoms with Gasteiger partial charge in [0.15, 0.2) is 0 Å². The maximum Gasteiger partial charge on any atom is 0.396 e. The molecule has 2 aromatic rings. The Bertz CT molecular complexity index is 652. The van der Waals surface area contributed by atoms with Gasteiger partial charge in [-0.05, 0) is 25.5 Å². The lowest BCUT2D eigenvalue weighted by Crippen LogP contribution is -2.33. The Kier molecular flexibility index (Phi) is 5.71. The standard InChI is InChI=1S/C16H18N2O4/c1-2-21-16(20)15(19)18-10-5-11-22-13-8-3-6-12-7-4-9-17-14(12)13/h3-4,6-9H,2,5,10-11H2,1H3,(H,18,19). The van der Waals surface area contributed by atoms with E-state index in [1.54, 1.807) is 13.1 Å². The number of amides is 1. The number of ether oxygens (including phenoxy) is 2. The van der Waals surface area contributed by atoms with Gasteiger partial charge in [0.2, 0.25) is 0 Å². The second-order valence-corrected chi connectivity index (χ2v) is 4.51. The van der Waals surface area contributed by atoms with E-state index in [-0.39, 0.29) is 6.61 Å². The van der Waals surface area contributed by atoms with E-state index < -0.39 is 11.9 Å². The molecule has 1 N–H and O–H groups in total. The molecule has 6 nitrogen and oxygen atoms in total. The Morgan fingerprint density at radius 1 is 1.23 bits per heavy atom. The van der Waals surface area contributed by atoms with Crippen LogP contribution in [-0.2, 0) is 14.3 Å². The van der Waals surface area contributed by atoms with Gasteiger partial charge in [0.1, 0.15) is 11.3 Å². The number of rotatable bonds is 6. The zero-order chi connectivity index (χ0) is 15.8. The first-order chi connectivity index (χ1) is 10.7. The third-order valence-corrected chi connectivity index (χ3v) is 2.92. The van der Waals surface area contributed by atoms with Gasteiger partial charge in [0.25, 0.3) is 0 Å². The highest BCUT2D eigenvalue weighted by Crippen LogP contribution is 2.22. The average molecular weight is 302 g/mol. The molecule has 0 saturated heterocycles. The van der Waals surface area contributed by atoms with Gasteiger partial charge >= 0.3 is 11.9 Å². The fourth-order valence-electron chi connectivity index (χ4n) is 1.92. The number of benzene rings is 1. The number of carbonyl (C=O) groups excluding carboxylic acids is 2. The topological polar surface area (TPSA) is 77.5 Å². The van der Waals surface area contributed by atoms with Crippen molar-refractivity contribution in [3.8, 4) is 5.75 Å². The van der Waals surface area contributed by atoms with Crippen LogP contribution in [0.5, 0.6) is 5.75 Å². The number of pyridine rings is 1. The zero-order valence-corrected chi connectivity index (χ0v) is 12.4. The molecule has 0 bridgehead atoms. The average Bonchev–Trinajstić information content (AvgIpc) is 2.54. The van der Waals surface area contributed by atoms with Crippen LogP contribution >= 0.6 is 0 Å². The molecule has 0 aliphatic rings. The normalized spacial score (nSPS) is 10.2. The Balaban J connectivity index is 1.77. The van der Waals surface area contributed by atoms with Gasteiger partial charge in [0.05, 0.1) is 13.2 Å². The second-order valence-electron chi connectivity index (χ2n) is 4.51. The van der Waals surface area contributed by atoms with Crippen LogP contribution < -0.4 is 10.1 Å². The molecule has 116 valence electrons. The number of fused-ring (bicyclic) bond motifs is 1. The fourth-order valence-corrected chi connectivity index (χ4v) is 1.92. The summed E-state index contributed by atoms with van der Waals surface area (Å²) in [5, 5.41) is 3.49. The molecule has 22 heavy (non-hydrogen) atoms. The van der Waals surface area contributed by atoms with Crippen molar-refractivity contribution in [3.05, 3.63) is 36.5 Å². The summed E-state index contributed by atoms with van der Waals surface area (Å²) in [6, 6.07) is 9.56. The fraction of sp³-hybridized carbons (Fsp3) is 0.312. The minimum atomic E-state index is -0.860. The van der Waals surface area contributed by atoms with Crippen LogP contribution in [0.3, 0.4) is 0 Å². The Morgan fingerprint density at radius 2 is 2.05 bits per heavy atom. The molecule has 0 spiro atoms. The van der Waals surface area contributed by atoms with Crippen molar-refractivity contribution in [1.29, 1.82) is 0 Å². The van der Waals surface area contributed by atoms with Crippen LogP contribution in [0.1, 0.15) is 13.3 Å². The first kappa shape index (κ1) is 15.8. The molecule has 1 amide bonds. The summed E-state index contributed by atoms with van der Waals surface area (Å²) in [5.41, 5.74) is 0.806. The molecule has 1 heterocycles. The lowest BCUT2D eigenvalue weighted by atomic mass is 10.2. The van der Waals surface area contributed by atoms with Crippen molar-refractivity contribution < 1.29 is 19.1 Å². The van der Waals surface area contributed by atoms with Crippen LogP contribution in [0.4, 0.5) is 0 Å². The van der Waals surface area contributed by atoms with Gasteiger partial charge in [-0.2, -0.15) is 0 Å². The summed E-state index contributed by atoms with van der Waals surface area (Å²) < 4.78 is 10.3. The summed E-state index contributed by atoms with van der Waals surface area (Å²) in [7, 11) is 0. The predicted octanol–water partition coefficient (Wildman–Crippen LogP) is 1.68. The van der Waals surface area contributed by atoms with Gasteiger partial charge in [-0.25, -0.2) is 4.79 Å². The van der Waals surface area contributed by atoms with E-state index in [1.807, 2.05) is 30.3 Å². The molecular formula is C16H18N2O4. The van der Waals surface area contributed by atoms with Gasteiger partial charge in [-0.15, -0.1) is 0 Å². The van der Waals surface area contributed by atoms with Gasteiger partial charge in [0, 0.05) is 18.1 Å². The monoisotopic (exact) mass is 302 g/mol. The maximum absolute atomic E-state index is 11.3.